The van der Waals surface area contributed by atoms with Crippen LogP contribution >= 0.6 is 11.6 Å². The van der Waals surface area contributed by atoms with Gasteiger partial charge in [-0.25, -0.2) is 9.59 Å². The van der Waals surface area contributed by atoms with Gasteiger partial charge in [0, 0.05) is 77.4 Å². The molecule has 1 aromatic rings. The van der Waals surface area contributed by atoms with Crippen molar-refractivity contribution in [2.24, 2.45) is 5.92 Å². The van der Waals surface area contributed by atoms with Crippen molar-refractivity contribution in [3.8, 4) is 0 Å². The van der Waals surface area contributed by atoms with Crippen molar-refractivity contribution in [2.75, 3.05) is 71.3 Å². The van der Waals surface area contributed by atoms with Gasteiger partial charge < -0.3 is 36.0 Å². The van der Waals surface area contributed by atoms with Gasteiger partial charge in [0.1, 0.15) is 6.04 Å². The predicted molar refractivity (Wildman–Crippen MR) is 182 cm³/mol. The van der Waals surface area contributed by atoms with Crippen molar-refractivity contribution in [1.29, 1.82) is 0 Å². The number of carbonyl (C=O) groups excluding carboxylic acids is 3. The molecule has 1 aliphatic carbocycles. The van der Waals surface area contributed by atoms with Crippen LogP contribution in [-0.2, 0) is 17.4 Å². The zero-order chi connectivity index (χ0) is 34.7. The van der Waals surface area contributed by atoms with Gasteiger partial charge in [0.05, 0.1) is 16.3 Å². The number of alkyl halides is 3. The number of urea groups is 2. The Hall–Kier alpha value is -2.97. The minimum atomic E-state index is -4.67. The lowest BCUT2D eigenvalue weighted by Gasteiger charge is -2.46. The van der Waals surface area contributed by atoms with Crippen LogP contribution in [0.1, 0.15) is 62.5 Å². The molecule has 4 aliphatic heterocycles. The second-order valence-corrected chi connectivity index (χ2v) is 14.7. The number of hydrogen-bond donors (Lipinski definition) is 4. The van der Waals surface area contributed by atoms with E-state index in [1.54, 1.807) is 9.80 Å². The van der Waals surface area contributed by atoms with Crippen molar-refractivity contribution in [3.05, 3.63) is 28.3 Å². The molecule has 1 aromatic carbocycles. The summed E-state index contributed by atoms with van der Waals surface area (Å²) in [6.45, 7) is 5.86. The summed E-state index contributed by atoms with van der Waals surface area (Å²) in [5, 5.41) is 11.9. The van der Waals surface area contributed by atoms with Crippen LogP contribution in [-0.4, -0.2) is 128 Å². The highest BCUT2D eigenvalue weighted by atomic mass is 35.5. The summed E-state index contributed by atoms with van der Waals surface area (Å²) in [5.41, 5.74) is -0.948. The minimum absolute atomic E-state index is 0.0224. The molecule has 3 atom stereocenters. The first-order valence-electron chi connectivity index (χ1n) is 17.9. The van der Waals surface area contributed by atoms with Crippen LogP contribution in [0.25, 0.3) is 0 Å². The van der Waals surface area contributed by atoms with E-state index in [1.165, 1.54) is 19.5 Å². The third-order valence-electron chi connectivity index (χ3n) is 11.3. The number of hydrogen-bond acceptors (Lipinski definition) is 6. The Morgan fingerprint density at radius 2 is 1.63 bits per heavy atom. The number of halogens is 4. The molecule has 0 bridgehead atoms. The van der Waals surface area contributed by atoms with Crippen LogP contribution in [0.4, 0.5) is 28.4 Å². The number of fused-ring (bicyclic) bond motifs is 1. The zero-order valence-electron chi connectivity index (χ0n) is 28.3. The molecule has 5 aliphatic rings. The second kappa shape index (κ2) is 15.5. The van der Waals surface area contributed by atoms with Crippen molar-refractivity contribution < 1.29 is 27.6 Å². The monoisotopic (exact) mass is 710 g/mol. The van der Waals surface area contributed by atoms with Crippen LogP contribution in [0.3, 0.4) is 0 Å². The normalized spacial score (nSPS) is 25.4. The number of benzene rings is 1. The standard InChI is InChI=1S/C34H50ClF3N8O3/c1-39-30-26(34(36,37)38)18-22(19-27(30)35)20-29(31(47)44-16-14-43(15-17-44)24-6-10-40-11-7-24)42-32(48)45-12-8-25(9-13-45)46-21-23-4-2-3-5-28(23)41-33(46)49/h18-19,23-25,28-29,39-40H,2-17,20-21H2,1H3,(H,41,49)(H,42,48)/t23?,28?,29-/m1/s1. The van der Waals surface area contributed by atoms with Crippen LogP contribution in [0, 0.1) is 5.92 Å². The number of piperazine rings is 1. The molecule has 1 saturated carbocycles. The summed E-state index contributed by atoms with van der Waals surface area (Å²) in [6, 6.07) is 1.63. The van der Waals surface area contributed by atoms with Crippen LogP contribution in [0.5, 0.6) is 0 Å². The number of piperidine rings is 2. The first-order valence-corrected chi connectivity index (χ1v) is 18.3. The van der Waals surface area contributed by atoms with Gasteiger partial charge >= 0.3 is 18.2 Å². The molecular formula is C34H50ClF3N8O3. The van der Waals surface area contributed by atoms with Gasteiger partial charge in [-0.15, -0.1) is 0 Å². The van der Waals surface area contributed by atoms with E-state index in [-0.39, 0.29) is 46.7 Å². The fourth-order valence-electron chi connectivity index (χ4n) is 8.52. The van der Waals surface area contributed by atoms with Crippen LogP contribution < -0.4 is 21.3 Å². The van der Waals surface area contributed by atoms with Gasteiger partial charge in [-0.2, -0.15) is 13.2 Å². The van der Waals surface area contributed by atoms with Gasteiger partial charge in [0.25, 0.3) is 0 Å². The molecule has 6 rings (SSSR count). The second-order valence-electron chi connectivity index (χ2n) is 14.3. The Balaban J connectivity index is 1.13. The van der Waals surface area contributed by atoms with E-state index < -0.39 is 23.8 Å². The zero-order valence-corrected chi connectivity index (χ0v) is 29.1. The molecule has 2 unspecified atom stereocenters. The van der Waals surface area contributed by atoms with Gasteiger partial charge in [0.2, 0.25) is 5.91 Å². The molecule has 5 amide bonds. The molecule has 4 saturated heterocycles. The highest BCUT2D eigenvalue weighted by molar-refractivity contribution is 6.33. The van der Waals surface area contributed by atoms with E-state index in [9.17, 15) is 27.6 Å². The minimum Gasteiger partial charge on any atom is -0.386 e. The topological polar surface area (TPSA) is 112 Å². The summed E-state index contributed by atoms with van der Waals surface area (Å²) < 4.78 is 42.0. The van der Waals surface area contributed by atoms with E-state index in [2.05, 4.69) is 26.2 Å². The number of carbonyl (C=O) groups is 3. The smallest absolute Gasteiger partial charge is 0.386 e. The first kappa shape index (κ1) is 35.8. The van der Waals surface area contributed by atoms with E-state index >= 15 is 0 Å². The lowest BCUT2D eigenvalue weighted by molar-refractivity contribution is -0.137. The predicted octanol–water partition coefficient (Wildman–Crippen LogP) is 3.97. The number of rotatable bonds is 7. The highest BCUT2D eigenvalue weighted by Crippen LogP contribution is 2.40. The Bertz CT molecular complexity index is 1350. The third-order valence-corrected chi connectivity index (χ3v) is 11.6. The molecular weight excluding hydrogens is 661 g/mol. The summed E-state index contributed by atoms with van der Waals surface area (Å²) in [6.07, 6.45) is 2.99. The van der Waals surface area contributed by atoms with Gasteiger partial charge in [-0.05, 0) is 75.2 Å². The van der Waals surface area contributed by atoms with Crippen molar-refractivity contribution in [2.45, 2.75) is 88.1 Å². The number of amides is 5. The molecule has 4 heterocycles. The number of nitrogens with zero attached hydrogens (tertiary/aromatic N) is 4. The molecule has 0 spiro atoms. The van der Waals surface area contributed by atoms with E-state index in [0.29, 0.717) is 64.1 Å². The van der Waals surface area contributed by atoms with Crippen LogP contribution in [0.2, 0.25) is 5.02 Å². The molecule has 15 heteroatoms. The number of anilines is 1. The lowest BCUT2D eigenvalue weighted by Crippen LogP contribution is -2.62. The summed E-state index contributed by atoms with van der Waals surface area (Å²) in [7, 11) is 1.37. The molecule has 0 radical (unpaired) electrons. The summed E-state index contributed by atoms with van der Waals surface area (Å²) in [4.78, 5) is 48.4. The van der Waals surface area contributed by atoms with Crippen LogP contribution in [0.15, 0.2) is 12.1 Å². The van der Waals surface area contributed by atoms with Crippen molar-refractivity contribution >= 4 is 35.3 Å². The average molecular weight is 711 g/mol. The molecule has 4 N–H and O–H groups in total. The SMILES string of the molecule is CNc1c(Cl)cc(C[C@@H](NC(=O)N2CCC(N3CC4CCCCC4NC3=O)CC2)C(=O)N2CCN(C3CCNCC3)CC2)cc1C(F)(F)F. The first-order chi connectivity index (χ1) is 23.5. The maximum atomic E-state index is 14.0. The van der Waals surface area contributed by atoms with E-state index in [1.807, 2.05) is 4.90 Å². The molecule has 0 aromatic heterocycles. The van der Waals surface area contributed by atoms with Crippen molar-refractivity contribution in [3.63, 3.8) is 0 Å². The fourth-order valence-corrected chi connectivity index (χ4v) is 8.86. The lowest BCUT2D eigenvalue weighted by atomic mass is 9.82. The summed E-state index contributed by atoms with van der Waals surface area (Å²) in [5.74, 6) is 0.136. The Morgan fingerprint density at radius 3 is 2.31 bits per heavy atom. The fraction of sp³-hybridized carbons (Fsp3) is 0.735. The Morgan fingerprint density at radius 1 is 0.939 bits per heavy atom. The largest absolute Gasteiger partial charge is 0.418 e. The Kier molecular flexibility index (Phi) is 11.3. The third kappa shape index (κ3) is 8.33. The van der Waals surface area contributed by atoms with E-state index in [0.717, 1.165) is 57.8 Å². The molecule has 11 nitrogen and oxygen atoms in total. The van der Waals surface area contributed by atoms with Gasteiger partial charge in [-0.3, -0.25) is 9.69 Å². The van der Waals surface area contributed by atoms with Gasteiger partial charge in [-0.1, -0.05) is 24.4 Å². The summed E-state index contributed by atoms with van der Waals surface area (Å²) >= 11 is 6.30. The average Bonchev–Trinajstić information content (AvgIpc) is 3.10. The molecule has 272 valence electrons. The molecule has 49 heavy (non-hydrogen) atoms. The van der Waals surface area contributed by atoms with Gasteiger partial charge in [0.15, 0.2) is 0 Å². The maximum absolute atomic E-state index is 14.0. The highest BCUT2D eigenvalue weighted by Gasteiger charge is 2.40. The van der Waals surface area contributed by atoms with Crippen molar-refractivity contribution in [1.82, 2.24) is 35.6 Å². The van der Waals surface area contributed by atoms with E-state index in [4.69, 9.17) is 11.6 Å². The number of nitrogens with one attached hydrogen (secondary N) is 4. The Labute approximate surface area is 291 Å². The molecule has 5 fully saturated rings. The quantitative estimate of drug-likeness (QED) is 0.341. The maximum Gasteiger partial charge on any atom is 0.418 e. The number of likely N-dealkylation sites (tertiary alicyclic amines) is 1.